The van der Waals surface area contributed by atoms with Gasteiger partial charge in [0.15, 0.2) is 0 Å². The first-order valence-corrected chi connectivity index (χ1v) is 8.54. The number of hydrogen-bond donors (Lipinski definition) is 1. The molecule has 0 amide bonds. The Bertz CT molecular complexity index is 904. The van der Waals surface area contributed by atoms with Crippen LogP contribution in [-0.4, -0.2) is 21.4 Å². The number of likely N-dealkylation sites (tertiary alicyclic amines) is 1. The van der Waals surface area contributed by atoms with E-state index >= 15 is 0 Å². The summed E-state index contributed by atoms with van der Waals surface area (Å²) in [6.45, 7) is 1.49. The third-order valence-electron chi connectivity index (χ3n) is 4.31. The maximum Gasteiger partial charge on any atom is 0.268 e. The van der Waals surface area contributed by atoms with Gasteiger partial charge in [0.1, 0.15) is 16.3 Å². The van der Waals surface area contributed by atoms with Crippen molar-refractivity contribution < 1.29 is 4.39 Å². The molecule has 6 heteroatoms. The van der Waals surface area contributed by atoms with Gasteiger partial charge in [-0.3, -0.25) is 9.69 Å². The fourth-order valence-electron chi connectivity index (χ4n) is 3.30. The lowest BCUT2D eigenvalue weighted by Gasteiger charge is -2.24. The van der Waals surface area contributed by atoms with E-state index in [0.29, 0.717) is 17.1 Å². The molecule has 4 rings (SSSR count). The summed E-state index contributed by atoms with van der Waals surface area (Å²) in [7, 11) is 0. The number of nitrogens with zero attached hydrogens (tertiary/aromatic N) is 2. The molecule has 0 bridgehead atoms. The van der Waals surface area contributed by atoms with Crippen molar-refractivity contribution in [1.82, 2.24) is 14.9 Å². The van der Waals surface area contributed by atoms with Gasteiger partial charge in [-0.1, -0.05) is 12.1 Å². The summed E-state index contributed by atoms with van der Waals surface area (Å²) in [5.41, 5.74) is 1.65. The third kappa shape index (κ3) is 2.80. The molecule has 0 unspecified atom stereocenters. The zero-order valence-corrected chi connectivity index (χ0v) is 13.3. The Morgan fingerprint density at radius 3 is 3.17 bits per heavy atom. The monoisotopic (exact) mass is 329 g/mol. The summed E-state index contributed by atoms with van der Waals surface area (Å²) < 4.78 is 14.2. The van der Waals surface area contributed by atoms with Gasteiger partial charge >= 0.3 is 0 Å². The summed E-state index contributed by atoms with van der Waals surface area (Å²) >= 11 is 1.40. The molecule has 1 aliphatic rings. The maximum atomic E-state index is 13.5. The molecule has 1 fully saturated rings. The molecular formula is C17H16FN3OS. The average molecular weight is 329 g/mol. The predicted molar refractivity (Wildman–Crippen MR) is 89.0 cm³/mol. The number of halogens is 1. The highest BCUT2D eigenvalue weighted by atomic mass is 32.1. The van der Waals surface area contributed by atoms with E-state index in [1.165, 1.54) is 17.4 Å². The average Bonchev–Trinajstić information content (AvgIpc) is 3.16. The Morgan fingerprint density at radius 1 is 1.39 bits per heavy atom. The van der Waals surface area contributed by atoms with Crippen molar-refractivity contribution in [2.45, 2.75) is 25.4 Å². The van der Waals surface area contributed by atoms with Crippen LogP contribution < -0.4 is 5.56 Å². The van der Waals surface area contributed by atoms with Crippen molar-refractivity contribution in [3.63, 3.8) is 0 Å². The smallest absolute Gasteiger partial charge is 0.268 e. The molecule has 1 N–H and O–H groups in total. The first-order chi connectivity index (χ1) is 11.2. The van der Waals surface area contributed by atoms with E-state index in [2.05, 4.69) is 14.9 Å². The first-order valence-electron chi connectivity index (χ1n) is 7.66. The minimum atomic E-state index is -0.208. The van der Waals surface area contributed by atoms with E-state index in [4.69, 9.17) is 0 Å². The SMILES string of the molecule is O=c1[nH]c(CN2CCC[C@H]2c2cccc(F)c2)nc2ccsc12. The van der Waals surface area contributed by atoms with Gasteiger partial charge in [0.05, 0.1) is 12.1 Å². The number of H-pyrrole nitrogens is 1. The number of nitrogens with one attached hydrogen (secondary N) is 1. The van der Waals surface area contributed by atoms with Crippen LogP contribution in [0.2, 0.25) is 0 Å². The summed E-state index contributed by atoms with van der Waals surface area (Å²) in [4.78, 5) is 21.8. The molecule has 23 heavy (non-hydrogen) atoms. The molecule has 1 aliphatic heterocycles. The van der Waals surface area contributed by atoms with Crippen LogP contribution in [0.15, 0.2) is 40.5 Å². The number of fused-ring (bicyclic) bond motifs is 1. The van der Waals surface area contributed by atoms with E-state index in [1.54, 1.807) is 12.1 Å². The molecule has 1 aromatic carbocycles. The molecule has 1 saturated heterocycles. The Balaban J connectivity index is 1.62. The molecule has 0 saturated carbocycles. The van der Waals surface area contributed by atoms with Crippen LogP contribution >= 0.6 is 11.3 Å². The third-order valence-corrected chi connectivity index (χ3v) is 5.22. The molecule has 1 atom stereocenters. The molecule has 0 spiro atoms. The number of aromatic amines is 1. The van der Waals surface area contributed by atoms with Crippen LogP contribution in [-0.2, 0) is 6.54 Å². The van der Waals surface area contributed by atoms with Crippen molar-refractivity contribution in [3.8, 4) is 0 Å². The second-order valence-electron chi connectivity index (χ2n) is 5.83. The van der Waals surface area contributed by atoms with Crippen molar-refractivity contribution >= 4 is 21.6 Å². The lowest BCUT2D eigenvalue weighted by molar-refractivity contribution is 0.242. The molecule has 0 aliphatic carbocycles. The number of benzene rings is 1. The molecular weight excluding hydrogens is 313 g/mol. The van der Waals surface area contributed by atoms with Gasteiger partial charge in [0.25, 0.3) is 5.56 Å². The van der Waals surface area contributed by atoms with Crippen LogP contribution in [0.5, 0.6) is 0 Å². The summed E-state index contributed by atoms with van der Waals surface area (Å²) in [6, 6.07) is 8.82. The zero-order chi connectivity index (χ0) is 15.8. The van der Waals surface area contributed by atoms with Crippen molar-refractivity contribution in [1.29, 1.82) is 0 Å². The highest BCUT2D eigenvalue weighted by molar-refractivity contribution is 7.17. The number of aromatic nitrogens is 2. The van der Waals surface area contributed by atoms with Crippen molar-refractivity contribution in [2.24, 2.45) is 0 Å². The fourth-order valence-corrected chi connectivity index (χ4v) is 4.02. The first kappa shape index (κ1) is 14.5. The highest BCUT2D eigenvalue weighted by Crippen LogP contribution is 2.33. The Morgan fingerprint density at radius 2 is 2.30 bits per heavy atom. The minimum Gasteiger partial charge on any atom is -0.308 e. The Kier molecular flexibility index (Phi) is 3.71. The van der Waals surface area contributed by atoms with Gasteiger partial charge in [-0.25, -0.2) is 9.37 Å². The van der Waals surface area contributed by atoms with Gasteiger partial charge in [0.2, 0.25) is 0 Å². The largest absolute Gasteiger partial charge is 0.308 e. The lowest BCUT2D eigenvalue weighted by Crippen LogP contribution is -2.25. The molecule has 4 nitrogen and oxygen atoms in total. The summed E-state index contributed by atoms with van der Waals surface area (Å²) in [5.74, 6) is 0.463. The number of hydrogen-bond acceptors (Lipinski definition) is 4. The lowest BCUT2D eigenvalue weighted by atomic mass is 10.0. The molecule has 118 valence electrons. The topological polar surface area (TPSA) is 49.0 Å². The second kappa shape index (κ2) is 5.86. The van der Waals surface area contributed by atoms with Crippen LogP contribution in [0.1, 0.15) is 30.3 Å². The van der Waals surface area contributed by atoms with Crippen LogP contribution in [0.25, 0.3) is 10.2 Å². The number of rotatable bonds is 3. The quantitative estimate of drug-likeness (QED) is 0.800. The van der Waals surface area contributed by atoms with Crippen LogP contribution in [0, 0.1) is 5.82 Å². The van der Waals surface area contributed by atoms with E-state index in [1.807, 2.05) is 17.5 Å². The van der Waals surface area contributed by atoms with Gasteiger partial charge in [-0.2, -0.15) is 0 Å². The molecule has 2 aromatic heterocycles. The minimum absolute atomic E-state index is 0.0819. The van der Waals surface area contributed by atoms with Gasteiger partial charge in [-0.05, 0) is 48.5 Å². The Labute approximate surface area is 136 Å². The second-order valence-corrected chi connectivity index (χ2v) is 6.75. The van der Waals surface area contributed by atoms with Crippen LogP contribution in [0.3, 0.4) is 0 Å². The van der Waals surface area contributed by atoms with E-state index < -0.39 is 0 Å². The Hall–Kier alpha value is -2.05. The predicted octanol–water partition coefficient (Wildman–Crippen LogP) is 3.46. The summed E-state index contributed by atoms with van der Waals surface area (Å²) in [5, 5.41) is 1.88. The van der Waals surface area contributed by atoms with Gasteiger partial charge in [0, 0.05) is 6.04 Å². The van der Waals surface area contributed by atoms with E-state index in [-0.39, 0.29) is 17.4 Å². The zero-order valence-electron chi connectivity index (χ0n) is 12.5. The highest BCUT2D eigenvalue weighted by Gasteiger charge is 2.27. The molecule has 3 aromatic rings. The molecule has 3 heterocycles. The maximum absolute atomic E-state index is 13.5. The van der Waals surface area contributed by atoms with Crippen LogP contribution in [0.4, 0.5) is 4.39 Å². The fraction of sp³-hybridized carbons (Fsp3) is 0.294. The van der Waals surface area contributed by atoms with Crippen molar-refractivity contribution in [2.75, 3.05) is 6.54 Å². The van der Waals surface area contributed by atoms with Crippen molar-refractivity contribution in [3.05, 3.63) is 63.3 Å². The van der Waals surface area contributed by atoms with Gasteiger partial charge in [-0.15, -0.1) is 11.3 Å². The summed E-state index contributed by atoms with van der Waals surface area (Å²) in [6.07, 6.45) is 2.06. The molecule has 0 radical (unpaired) electrons. The van der Waals surface area contributed by atoms with Gasteiger partial charge < -0.3 is 4.98 Å². The standard InChI is InChI=1S/C17H16FN3OS/c18-12-4-1-3-11(9-12)14-5-2-7-21(14)10-15-19-13-6-8-23-16(13)17(22)20-15/h1,3-4,6,8-9,14H,2,5,7,10H2,(H,19,20,22)/t14-/m0/s1. The van der Waals surface area contributed by atoms with E-state index in [0.717, 1.165) is 30.5 Å². The van der Waals surface area contributed by atoms with E-state index in [9.17, 15) is 9.18 Å². The normalized spacial score (nSPS) is 18.7. The number of thiophene rings is 1.